The molecule has 0 bridgehead atoms. The maximum Gasteiger partial charge on any atom is 0.0555 e. The Bertz CT molecular complexity index is 457. The van der Waals surface area contributed by atoms with Gasteiger partial charge in [-0.05, 0) is 39.2 Å². The third-order valence-corrected chi connectivity index (χ3v) is 3.37. The van der Waals surface area contributed by atoms with Gasteiger partial charge in [-0.15, -0.1) is 0 Å². The van der Waals surface area contributed by atoms with E-state index < -0.39 is 0 Å². The van der Waals surface area contributed by atoms with E-state index in [4.69, 9.17) is 5.73 Å². The van der Waals surface area contributed by atoms with Crippen LogP contribution >= 0.6 is 0 Å². The SMILES string of the molecule is CCN(Cc1ccccc1C#CCN)C(C)CN(C)C. The van der Waals surface area contributed by atoms with E-state index in [1.807, 2.05) is 6.07 Å². The standard InChI is InChI=1S/C17H27N3/c1-5-20(15(2)13-19(3)4)14-17-10-7-6-9-16(17)11-8-12-18/h6-7,9-10,15H,5,12-14,18H2,1-4H3. The van der Waals surface area contributed by atoms with E-state index in [2.05, 4.69) is 67.8 Å². The number of rotatable bonds is 6. The maximum absolute atomic E-state index is 5.47. The minimum atomic E-state index is 0.406. The van der Waals surface area contributed by atoms with E-state index >= 15 is 0 Å². The molecule has 0 fully saturated rings. The molecule has 0 spiro atoms. The zero-order valence-corrected chi connectivity index (χ0v) is 13.2. The minimum Gasteiger partial charge on any atom is -0.320 e. The third-order valence-electron chi connectivity index (χ3n) is 3.37. The number of benzene rings is 1. The van der Waals surface area contributed by atoms with Crippen LogP contribution in [0, 0.1) is 11.8 Å². The summed E-state index contributed by atoms with van der Waals surface area (Å²) in [5.41, 5.74) is 7.84. The Labute approximate surface area is 123 Å². The first-order chi connectivity index (χ1) is 9.58. The average Bonchev–Trinajstić information content (AvgIpc) is 2.42. The number of hydrogen-bond donors (Lipinski definition) is 1. The van der Waals surface area contributed by atoms with Gasteiger partial charge in [0.2, 0.25) is 0 Å². The molecular formula is C17H27N3. The van der Waals surface area contributed by atoms with Gasteiger partial charge in [-0.2, -0.15) is 0 Å². The third kappa shape index (κ3) is 5.34. The summed E-state index contributed by atoms with van der Waals surface area (Å²) in [6.07, 6.45) is 0. The van der Waals surface area contributed by atoms with E-state index in [-0.39, 0.29) is 0 Å². The van der Waals surface area contributed by atoms with Gasteiger partial charge in [-0.25, -0.2) is 0 Å². The Balaban J connectivity index is 2.84. The second kappa shape index (κ2) is 8.76. The Kier molecular flexibility index (Phi) is 7.32. The van der Waals surface area contributed by atoms with Crippen LogP contribution in [0.25, 0.3) is 0 Å². The van der Waals surface area contributed by atoms with Crippen molar-refractivity contribution in [2.24, 2.45) is 5.73 Å². The molecule has 0 saturated heterocycles. The first-order valence-corrected chi connectivity index (χ1v) is 7.24. The molecule has 1 aromatic carbocycles. The number of likely N-dealkylation sites (N-methyl/N-ethyl adjacent to an activating group) is 2. The lowest BCUT2D eigenvalue weighted by Gasteiger charge is -2.30. The zero-order valence-electron chi connectivity index (χ0n) is 13.2. The summed E-state index contributed by atoms with van der Waals surface area (Å²) < 4.78 is 0. The number of nitrogens with two attached hydrogens (primary N) is 1. The molecule has 0 radical (unpaired) electrons. The van der Waals surface area contributed by atoms with Crippen molar-refractivity contribution >= 4 is 0 Å². The lowest BCUT2D eigenvalue weighted by Crippen LogP contribution is -2.39. The van der Waals surface area contributed by atoms with Gasteiger partial charge in [0.1, 0.15) is 0 Å². The van der Waals surface area contributed by atoms with Crippen molar-refractivity contribution in [2.75, 3.05) is 33.7 Å². The monoisotopic (exact) mass is 273 g/mol. The van der Waals surface area contributed by atoms with Crippen LogP contribution in [0.4, 0.5) is 0 Å². The lowest BCUT2D eigenvalue weighted by atomic mass is 10.1. The van der Waals surface area contributed by atoms with Crippen molar-refractivity contribution in [3.63, 3.8) is 0 Å². The van der Waals surface area contributed by atoms with Gasteiger partial charge in [0.05, 0.1) is 6.54 Å². The Morgan fingerprint density at radius 1 is 1.25 bits per heavy atom. The fourth-order valence-electron chi connectivity index (χ4n) is 2.37. The van der Waals surface area contributed by atoms with Gasteiger partial charge in [-0.3, -0.25) is 4.90 Å². The fraction of sp³-hybridized carbons (Fsp3) is 0.529. The summed E-state index contributed by atoms with van der Waals surface area (Å²) in [6, 6.07) is 8.86. The van der Waals surface area contributed by atoms with Crippen molar-refractivity contribution in [3.8, 4) is 11.8 Å². The van der Waals surface area contributed by atoms with E-state index in [0.29, 0.717) is 12.6 Å². The smallest absolute Gasteiger partial charge is 0.0555 e. The average molecular weight is 273 g/mol. The van der Waals surface area contributed by atoms with Crippen LogP contribution in [0.2, 0.25) is 0 Å². The molecule has 0 saturated carbocycles. The van der Waals surface area contributed by atoms with E-state index in [1.165, 1.54) is 5.56 Å². The van der Waals surface area contributed by atoms with Crippen LogP contribution < -0.4 is 5.73 Å². The van der Waals surface area contributed by atoms with Crippen molar-refractivity contribution < 1.29 is 0 Å². The van der Waals surface area contributed by atoms with Crippen molar-refractivity contribution in [2.45, 2.75) is 26.4 Å². The Hall–Kier alpha value is -1.34. The lowest BCUT2D eigenvalue weighted by molar-refractivity contribution is 0.174. The van der Waals surface area contributed by atoms with Crippen LogP contribution in [0.3, 0.4) is 0 Å². The quantitative estimate of drug-likeness (QED) is 0.802. The van der Waals surface area contributed by atoms with Gasteiger partial charge < -0.3 is 10.6 Å². The molecule has 20 heavy (non-hydrogen) atoms. The van der Waals surface area contributed by atoms with Crippen molar-refractivity contribution in [1.29, 1.82) is 0 Å². The highest BCUT2D eigenvalue weighted by Crippen LogP contribution is 2.13. The highest BCUT2D eigenvalue weighted by molar-refractivity contribution is 5.41. The summed E-state index contributed by atoms with van der Waals surface area (Å²) in [5.74, 6) is 6.12. The van der Waals surface area contributed by atoms with Crippen molar-refractivity contribution in [3.05, 3.63) is 35.4 Å². The Morgan fingerprint density at radius 3 is 2.55 bits per heavy atom. The summed E-state index contributed by atoms with van der Waals surface area (Å²) in [6.45, 7) is 7.92. The first kappa shape index (κ1) is 16.7. The van der Waals surface area contributed by atoms with Gasteiger partial charge >= 0.3 is 0 Å². The molecule has 0 heterocycles. The molecule has 1 atom stereocenters. The largest absolute Gasteiger partial charge is 0.320 e. The van der Waals surface area contributed by atoms with Crippen LogP contribution in [-0.2, 0) is 6.54 Å². The summed E-state index contributed by atoms with van der Waals surface area (Å²) in [7, 11) is 4.23. The predicted octanol–water partition coefficient (Wildman–Crippen LogP) is 1.77. The molecule has 1 aromatic rings. The van der Waals surface area contributed by atoms with Crippen LogP contribution in [0.1, 0.15) is 25.0 Å². The second-order valence-corrected chi connectivity index (χ2v) is 5.34. The molecule has 3 nitrogen and oxygen atoms in total. The van der Waals surface area contributed by atoms with E-state index in [0.717, 1.165) is 25.2 Å². The Morgan fingerprint density at radius 2 is 1.95 bits per heavy atom. The second-order valence-electron chi connectivity index (χ2n) is 5.34. The number of nitrogens with zero attached hydrogens (tertiary/aromatic N) is 2. The van der Waals surface area contributed by atoms with Crippen LogP contribution in [-0.4, -0.2) is 49.6 Å². The molecule has 110 valence electrons. The van der Waals surface area contributed by atoms with Gasteiger partial charge in [0.25, 0.3) is 0 Å². The van der Waals surface area contributed by atoms with Crippen LogP contribution in [0.15, 0.2) is 24.3 Å². The van der Waals surface area contributed by atoms with E-state index in [9.17, 15) is 0 Å². The van der Waals surface area contributed by atoms with Gasteiger partial charge in [0, 0.05) is 24.7 Å². The summed E-state index contributed by atoms with van der Waals surface area (Å²) in [5, 5.41) is 0. The molecule has 0 aliphatic rings. The first-order valence-electron chi connectivity index (χ1n) is 7.24. The molecule has 0 aliphatic heterocycles. The molecular weight excluding hydrogens is 246 g/mol. The summed E-state index contributed by atoms with van der Waals surface area (Å²) >= 11 is 0. The van der Waals surface area contributed by atoms with Crippen LogP contribution in [0.5, 0.6) is 0 Å². The number of hydrogen-bond acceptors (Lipinski definition) is 3. The van der Waals surface area contributed by atoms with E-state index in [1.54, 1.807) is 0 Å². The zero-order chi connectivity index (χ0) is 15.0. The molecule has 2 N–H and O–H groups in total. The fourth-order valence-corrected chi connectivity index (χ4v) is 2.37. The van der Waals surface area contributed by atoms with Gasteiger partial charge in [-0.1, -0.05) is 37.0 Å². The molecule has 1 rings (SSSR count). The maximum atomic E-state index is 5.47. The predicted molar refractivity (Wildman–Crippen MR) is 86.5 cm³/mol. The highest BCUT2D eigenvalue weighted by Gasteiger charge is 2.14. The van der Waals surface area contributed by atoms with Gasteiger partial charge in [0.15, 0.2) is 0 Å². The molecule has 0 amide bonds. The molecule has 0 aliphatic carbocycles. The molecule has 3 heteroatoms. The topological polar surface area (TPSA) is 32.5 Å². The van der Waals surface area contributed by atoms with Crippen molar-refractivity contribution in [1.82, 2.24) is 9.80 Å². The minimum absolute atomic E-state index is 0.406. The molecule has 1 unspecified atom stereocenters. The summed E-state index contributed by atoms with van der Waals surface area (Å²) in [4.78, 5) is 4.70. The normalized spacial score (nSPS) is 12.3. The highest BCUT2D eigenvalue weighted by atomic mass is 15.2. The molecule has 0 aromatic heterocycles.